The highest BCUT2D eigenvalue weighted by Gasteiger charge is 2.36. The average Bonchev–Trinajstić information content (AvgIpc) is 3.85. The van der Waals surface area contributed by atoms with Crippen molar-refractivity contribution in [2.75, 3.05) is 0 Å². The van der Waals surface area contributed by atoms with E-state index in [1.807, 2.05) is 18.2 Å². The molecule has 3 aromatic heterocycles. The number of nitrogens with zero attached hydrogens (tertiary/aromatic N) is 3. The fraction of sp³-hybridized carbons (Fsp3) is 0.0588. The van der Waals surface area contributed by atoms with E-state index in [1.54, 1.807) is 0 Å². The highest BCUT2D eigenvalue weighted by Crippen LogP contribution is 2.52. The standard InChI is InChI=1S/C51H33N3O/c1-51(2)41-19-8-5-17-37(41)46-39-29-44-40(28-32(39)24-25-42(46)51)36-16-6-9-20-43(36)54(44)35-15-11-14-34(27-35)50-52-47(33-23-22-30-12-3-4-13-31(30)26-33)49-48(53-50)38-18-7-10-21-45(38)55-49/h3-29H,1-2H3. The molecule has 11 aromatic rings. The molecular weight excluding hydrogens is 671 g/mol. The number of aromatic nitrogens is 3. The zero-order valence-electron chi connectivity index (χ0n) is 30.3. The normalized spacial score (nSPS) is 13.4. The molecule has 0 saturated carbocycles. The maximum atomic E-state index is 6.49. The first kappa shape index (κ1) is 30.4. The average molecular weight is 704 g/mol. The summed E-state index contributed by atoms with van der Waals surface area (Å²) >= 11 is 0. The van der Waals surface area contributed by atoms with Gasteiger partial charge in [0.15, 0.2) is 11.4 Å². The van der Waals surface area contributed by atoms with E-state index in [2.05, 4.69) is 164 Å². The van der Waals surface area contributed by atoms with Gasteiger partial charge in [-0.1, -0.05) is 129 Å². The van der Waals surface area contributed by atoms with E-state index in [-0.39, 0.29) is 5.41 Å². The number of furan rings is 1. The summed E-state index contributed by atoms with van der Waals surface area (Å²) in [5, 5.41) is 8.32. The lowest BCUT2D eigenvalue weighted by Crippen LogP contribution is -2.14. The van der Waals surface area contributed by atoms with Crippen molar-refractivity contribution in [3.63, 3.8) is 0 Å². The van der Waals surface area contributed by atoms with Crippen molar-refractivity contribution in [1.82, 2.24) is 14.5 Å². The van der Waals surface area contributed by atoms with Gasteiger partial charge >= 0.3 is 0 Å². The third-order valence-corrected chi connectivity index (χ3v) is 12.0. The van der Waals surface area contributed by atoms with Gasteiger partial charge in [-0.2, -0.15) is 0 Å². The topological polar surface area (TPSA) is 43.9 Å². The van der Waals surface area contributed by atoms with Crippen LogP contribution in [0.3, 0.4) is 0 Å². The van der Waals surface area contributed by atoms with Crippen molar-refractivity contribution in [3.8, 4) is 39.5 Å². The first-order valence-corrected chi connectivity index (χ1v) is 18.9. The van der Waals surface area contributed by atoms with E-state index < -0.39 is 0 Å². The molecule has 0 bridgehead atoms. The predicted molar refractivity (Wildman–Crippen MR) is 227 cm³/mol. The van der Waals surface area contributed by atoms with Crippen LogP contribution in [-0.4, -0.2) is 14.5 Å². The molecule has 4 nitrogen and oxygen atoms in total. The third-order valence-electron chi connectivity index (χ3n) is 12.0. The van der Waals surface area contributed by atoms with Crippen LogP contribution in [-0.2, 0) is 5.41 Å². The summed E-state index contributed by atoms with van der Waals surface area (Å²) in [5.41, 5.74) is 13.8. The lowest BCUT2D eigenvalue weighted by molar-refractivity contribution is 0.661. The van der Waals surface area contributed by atoms with Gasteiger partial charge in [-0.05, 0) is 92.3 Å². The monoisotopic (exact) mass is 703 g/mol. The Morgan fingerprint density at radius 1 is 0.509 bits per heavy atom. The molecule has 3 heterocycles. The summed E-state index contributed by atoms with van der Waals surface area (Å²) < 4.78 is 8.90. The minimum Gasteiger partial charge on any atom is -0.452 e. The summed E-state index contributed by atoms with van der Waals surface area (Å²) in [6.45, 7) is 4.70. The van der Waals surface area contributed by atoms with Crippen LogP contribution in [0.15, 0.2) is 168 Å². The number of para-hydroxylation sites is 2. The molecule has 12 rings (SSSR count). The van der Waals surface area contributed by atoms with Crippen molar-refractivity contribution in [3.05, 3.63) is 175 Å². The van der Waals surface area contributed by atoms with Crippen LogP contribution >= 0.6 is 0 Å². The van der Waals surface area contributed by atoms with E-state index in [1.165, 1.54) is 54.7 Å². The second-order valence-electron chi connectivity index (χ2n) is 15.4. The van der Waals surface area contributed by atoms with Gasteiger partial charge in [-0.15, -0.1) is 0 Å². The zero-order chi connectivity index (χ0) is 36.4. The first-order valence-electron chi connectivity index (χ1n) is 18.9. The molecule has 0 N–H and O–H groups in total. The number of fused-ring (bicyclic) bond motifs is 12. The van der Waals surface area contributed by atoms with E-state index in [4.69, 9.17) is 14.4 Å². The van der Waals surface area contributed by atoms with Crippen molar-refractivity contribution < 1.29 is 4.42 Å². The minimum atomic E-state index is -0.0662. The highest BCUT2D eigenvalue weighted by molar-refractivity contribution is 6.16. The number of rotatable bonds is 3. The van der Waals surface area contributed by atoms with Gasteiger partial charge < -0.3 is 8.98 Å². The highest BCUT2D eigenvalue weighted by atomic mass is 16.3. The van der Waals surface area contributed by atoms with Gasteiger partial charge in [0, 0.05) is 38.4 Å². The molecule has 258 valence electrons. The number of benzene rings is 8. The van der Waals surface area contributed by atoms with Crippen LogP contribution in [0.4, 0.5) is 0 Å². The quantitative estimate of drug-likeness (QED) is 0.184. The Kier molecular flexibility index (Phi) is 6.09. The first-order chi connectivity index (χ1) is 27.0. The number of hydrogen-bond donors (Lipinski definition) is 0. The number of hydrogen-bond acceptors (Lipinski definition) is 3. The molecule has 0 saturated heterocycles. The van der Waals surface area contributed by atoms with Crippen molar-refractivity contribution in [2.45, 2.75) is 19.3 Å². The summed E-state index contributed by atoms with van der Waals surface area (Å²) in [6, 6.07) is 58.8. The second kappa shape index (κ2) is 11.0. The lowest BCUT2D eigenvalue weighted by Gasteiger charge is -2.21. The van der Waals surface area contributed by atoms with Gasteiger partial charge in [0.1, 0.15) is 16.8 Å². The molecule has 0 spiro atoms. The van der Waals surface area contributed by atoms with E-state index >= 15 is 0 Å². The van der Waals surface area contributed by atoms with E-state index in [9.17, 15) is 0 Å². The minimum absolute atomic E-state index is 0.0662. The Labute approximate surface area is 316 Å². The molecule has 0 amide bonds. The van der Waals surface area contributed by atoms with Gasteiger partial charge in [0.05, 0.1) is 11.0 Å². The molecule has 1 aliphatic rings. The Balaban J connectivity index is 1.10. The Bertz CT molecular complexity index is 3420. The van der Waals surface area contributed by atoms with E-state index in [0.29, 0.717) is 11.4 Å². The van der Waals surface area contributed by atoms with Crippen molar-refractivity contribution >= 4 is 65.4 Å². The lowest BCUT2D eigenvalue weighted by atomic mass is 9.82. The van der Waals surface area contributed by atoms with Crippen LogP contribution in [0.25, 0.3) is 105 Å². The molecule has 0 atom stereocenters. The van der Waals surface area contributed by atoms with Crippen molar-refractivity contribution in [1.29, 1.82) is 0 Å². The molecule has 55 heavy (non-hydrogen) atoms. The van der Waals surface area contributed by atoms with Crippen LogP contribution in [0.2, 0.25) is 0 Å². The maximum absolute atomic E-state index is 6.49. The summed E-state index contributed by atoms with van der Waals surface area (Å²) in [7, 11) is 0. The molecule has 1 aliphatic carbocycles. The second-order valence-corrected chi connectivity index (χ2v) is 15.4. The zero-order valence-corrected chi connectivity index (χ0v) is 30.3. The Morgan fingerprint density at radius 3 is 2.22 bits per heavy atom. The molecule has 8 aromatic carbocycles. The summed E-state index contributed by atoms with van der Waals surface area (Å²) in [6.07, 6.45) is 0. The third kappa shape index (κ3) is 4.28. The molecular formula is C51H33N3O. The fourth-order valence-electron chi connectivity index (χ4n) is 9.30. The molecule has 0 fully saturated rings. The summed E-state index contributed by atoms with van der Waals surface area (Å²) in [5.74, 6) is 0.659. The largest absolute Gasteiger partial charge is 0.452 e. The molecule has 4 heteroatoms. The molecule has 0 aliphatic heterocycles. The SMILES string of the molecule is CC1(C)c2ccccc2-c2c1ccc1cc3c4ccccc4n(-c4cccc(-c5nc(-c6ccc7ccccc7c6)c6oc7ccccc7c6n5)c4)c3cc21. The summed E-state index contributed by atoms with van der Waals surface area (Å²) in [4.78, 5) is 10.5. The van der Waals surface area contributed by atoms with Crippen LogP contribution in [0, 0.1) is 0 Å². The van der Waals surface area contributed by atoms with Gasteiger partial charge in [0.2, 0.25) is 0 Å². The van der Waals surface area contributed by atoms with Gasteiger partial charge in [-0.3, -0.25) is 0 Å². The Hall–Kier alpha value is -7.04. The predicted octanol–water partition coefficient (Wildman–Crippen LogP) is 13.4. The van der Waals surface area contributed by atoms with E-state index in [0.717, 1.165) is 49.9 Å². The van der Waals surface area contributed by atoms with Crippen molar-refractivity contribution in [2.24, 2.45) is 0 Å². The van der Waals surface area contributed by atoms with Gasteiger partial charge in [0.25, 0.3) is 0 Å². The fourth-order valence-corrected chi connectivity index (χ4v) is 9.30. The maximum Gasteiger partial charge on any atom is 0.180 e. The molecule has 0 unspecified atom stereocenters. The van der Waals surface area contributed by atoms with Crippen LogP contribution in [0.1, 0.15) is 25.0 Å². The van der Waals surface area contributed by atoms with Crippen LogP contribution < -0.4 is 0 Å². The smallest absolute Gasteiger partial charge is 0.180 e. The Morgan fingerprint density at radius 2 is 1.29 bits per heavy atom. The van der Waals surface area contributed by atoms with Crippen LogP contribution in [0.5, 0.6) is 0 Å². The molecule has 0 radical (unpaired) electrons. The van der Waals surface area contributed by atoms with Gasteiger partial charge in [-0.25, -0.2) is 9.97 Å².